The van der Waals surface area contributed by atoms with E-state index in [1.54, 1.807) is 6.20 Å². The van der Waals surface area contributed by atoms with Crippen molar-refractivity contribution in [2.45, 2.75) is 51.1 Å². The molecule has 3 aromatic rings. The first kappa shape index (κ1) is 22.2. The van der Waals surface area contributed by atoms with Crippen molar-refractivity contribution < 1.29 is 9.53 Å². The number of urea groups is 1. The van der Waals surface area contributed by atoms with Gasteiger partial charge in [0.25, 0.3) is 0 Å². The van der Waals surface area contributed by atoms with Gasteiger partial charge < -0.3 is 20.7 Å². The van der Waals surface area contributed by atoms with Gasteiger partial charge in [-0.1, -0.05) is 18.5 Å². The van der Waals surface area contributed by atoms with Crippen LogP contribution in [0.3, 0.4) is 0 Å². The molecular formula is C25H29ClN4O2. The summed E-state index contributed by atoms with van der Waals surface area (Å²) >= 11 is 6.09. The smallest absolute Gasteiger partial charge is 0.319 e. The number of hydrogen-bond donors (Lipinski definition) is 3. The molecule has 3 N–H and O–H groups in total. The van der Waals surface area contributed by atoms with Crippen molar-refractivity contribution in [2.75, 3.05) is 17.2 Å². The van der Waals surface area contributed by atoms with E-state index in [9.17, 15) is 4.79 Å². The number of hydrogen-bond acceptors (Lipinski definition) is 4. The minimum atomic E-state index is -0.166. The monoisotopic (exact) mass is 452 g/mol. The fourth-order valence-corrected chi connectivity index (χ4v) is 4.22. The Balaban J connectivity index is 1.25. The second-order valence-corrected chi connectivity index (χ2v) is 8.62. The van der Waals surface area contributed by atoms with Gasteiger partial charge in [-0.15, -0.1) is 0 Å². The lowest BCUT2D eigenvalue weighted by Gasteiger charge is -2.30. The summed E-state index contributed by atoms with van der Waals surface area (Å²) < 4.78 is 5.57. The minimum Gasteiger partial charge on any atom is -0.494 e. The molecule has 2 aromatic carbocycles. The highest BCUT2D eigenvalue weighted by Gasteiger charge is 2.23. The molecule has 1 fully saturated rings. The van der Waals surface area contributed by atoms with Crippen molar-refractivity contribution in [2.24, 2.45) is 0 Å². The number of anilines is 2. The van der Waals surface area contributed by atoms with Gasteiger partial charge in [-0.25, -0.2) is 4.79 Å². The van der Waals surface area contributed by atoms with Crippen LogP contribution < -0.4 is 20.7 Å². The number of nitrogens with zero attached hydrogens (tertiary/aromatic N) is 1. The average Bonchev–Trinajstić information content (AvgIpc) is 2.80. The van der Waals surface area contributed by atoms with E-state index in [0.717, 1.165) is 60.1 Å². The van der Waals surface area contributed by atoms with Crippen LogP contribution in [0, 0.1) is 0 Å². The van der Waals surface area contributed by atoms with Gasteiger partial charge in [0.05, 0.1) is 12.1 Å². The maximum atomic E-state index is 12.4. The average molecular weight is 453 g/mol. The van der Waals surface area contributed by atoms with E-state index in [0.29, 0.717) is 17.7 Å². The zero-order valence-corrected chi connectivity index (χ0v) is 19.0. The lowest BCUT2D eigenvalue weighted by Crippen LogP contribution is -2.42. The Morgan fingerprint density at radius 3 is 2.56 bits per heavy atom. The van der Waals surface area contributed by atoms with E-state index < -0.39 is 0 Å². The Labute approximate surface area is 193 Å². The fourth-order valence-electron chi connectivity index (χ4n) is 4.06. The van der Waals surface area contributed by atoms with Gasteiger partial charge in [0.2, 0.25) is 0 Å². The summed E-state index contributed by atoms with van der Waals surface area (Å²) in [5, 5.41) is 11.4. The molecule has 0 radical (unpaired) electrons. The third kappa shape index (κ3) is 5.82. The number of nitrogens with one attached hydrogen (secondary N) is 3. The Morgan fingerprint density at radius 2 is 1.81 bits per heavy atom. The van der Waals surface area contributed by atoms with Crippen molar-refractivity contribution >= 4 is 39.9 Å². The summed E-state index contributed by atoms with van der Waals surface area (Å²) in [6.07, 6.45) is 6.63. The number of rotatable bonds is 7. The van der Waals surface area contributed by atoms with Gasteiger partial charge in [0.15, 0.2) is 0 Å². The molecular weight excluding hydrogens is 424 g/mol. The summed E-state index contributed by atoms with van der Waals surface area (Å²) in [6, 6.07) is 15.6. The van der Waals surface area contributed by atoms with Crippen LogP contribution >= 0.6 is 11.6 Å². The van der Waals surface area contributed by atoms with Crippen LogP contribution in [-0.4, -0.2) is 29.7 Å². The van der Waals surface area contributed by atoms with E-state index in [1.807, 2.05) is 48.5 Å². The van der Waals surface area contributed by atoms with Gasteiger partial charge in [-0.3, -0.25) is 4.98 Å². The fraction of sp³-hybridized carbons (Fsp3) is 0.360. The topological polar surface area (TPSA) is 75.3 Å². The highest BCUT2D eigenvalue weighted by atomic mass is 35.5. The molecule has 0 atom stereocenters. The normalized spacial score (nSPS) is 18.2. The molecule has 0 spiro atoms. The first-order valence-electron chi connectivity index (χ1n) is 11.2. The van der Waals surface area contributed by atoms with Crippen LogP contribution in [0.4, 0.5) is 16.2 Å². The third-order valence-corrected chi connectivity index (χ3v) is 5.95. The largest absolute Gasteiger partial charge is 0.494 e. The van der Waals surface area contributed by atoms with Crippen LogP contribution in [0.2, 0.25) is 5.02 Å². The van der Waals surface area contributed by atoms with Crippen molar-refractivity contribution in [1.29, 1.82) is 0 Å². The Hall–Kier alpha value is -2.99. The minimum absolute atomic E-state index is 0.166. The molecule has 1 heterocycles. The molecule has 0 bridgehead atoms. The van der Waals surface area contributed by atoms with Crippen molar-refractivity contribution in [3.63, 3.8) is 0 Å². The van der Waals surface area contributed by atoms with E-state index in [-0.39, 0.29) is 12.1 Å². The molecule has 168 valence electrons. The number of aromatic nitrogens is 1. The maximum Gasteiger partial charge on any atom is 0.319 e. The van der Waals surface area contributed by atoms with Gasteiger partial charge in [0.1, 0.15) is 5.75 Å². The van der Waals surface area contributed by atoms with E-state index in [1.165, 1.54) is 0 Å². The van der Waals surface area contributed by atoms with Crippen molar-refractivity contribution in [3.05, 3.63) is 59.8 Å². The lowest BCUT2D eigenvalue weighted by atomic mass is 9.91. The van der Waals surface area contributed by atoms with Gasteiger partial charge in [0, 0.05) is 40.1 Å². The predicted octanol–water partition coefficient (Wildman–Crippen LogP) is 6.22. The van der Waals surface area contributed by atoms with E-state index in [4.69, 9.17) is 16.3 Å². The molecule has 0 unspecified atom stereocenters. The summed E-state index contributed by atoms with van der Waals surface area (Å²) in [4.78, 5) is 16.8. The molecule has 2 amide bonds. The molecule has 1 aliphatic rings. The number of fused-ring (bicyclic) bond motifs is 1. The lowest BCUT2D eigenvalue weighted by molar-refractivity contribution is 0.243. The van der Waals surface area contributed by atoms with Gasteiger partial charge >= 0.3 is 6.03 Å². The number of pyridine rings is 1. The Morgan fingerprint density at radius 1 is 1.06 bits per heavy atom. The van der Waals surface area contributed by atoms with Crippen LogP contribution in [0.1, 0.15) is 39.0 Å². The molecule has 7 heteroatoms. The SMILES string of the molecule is CCCOc1ccc(NC(=O)NC2CCC(Nc3ccnc4cc(Cl)ccc34)CC2)cc1. The van der Waals surface area contributed by atoms with Crippen molar-refractivity contribution in [1.82, 2.24) is 10.3 Å². The van der Waals surface area contributed by atoms with Gasteiger partial charge in [-0.2, -0.15) is 0 Å². The van der Waals surface area contributed by atoms with Gasteiger partial charge in [-0.05, 0) is 80.6 Å². The summed E-state index contributed by atoms with van der Waals surface area (Å²) in [5.41, 5.74) is 2.72. The predicted molar refractivity (Wildman–Crippen MR) is 131 cm³/mol. The molecule has 1 aromatic heterocycles. The number of carbonyl (C=O) groups excluding carboxylic acids is 1. The first-order valence-corrected chi connectivity index (χ1v) is 11.6. The zero-order valence-electron chi connectivity index (χ0n) is 18.2. The molecule has 0 saturated heterocycles. The van der Waals surface area contributed by atoms with E-state index >= 15 is 0 Å². The third-order valence-electron chi connectivity index (χ3n) is 5.71. The summed E-state index contributed by atoms with van der Waals surface area (Å²) in [6.45, 7) is 2.76. The maximum absolute atomic E-state index is 12.4. The summed E-state index contributed by atoms with van der Waals surface area (Å²) in [5.74, 6) is 0.814. The quantitative estimate of drug-likeness (QED) is 0.397. The molecule has 4 rings (SSSR count). The Bertz CT molecular complexity index is 1050. The summed E-state index contributed by atoms with van der Waals surface area (Å²) in [7, 11) is 0. The molecule has 0 aliphatic heterocycles. The number of benzene rings is 2. The first-order chi connectivity index (χ1) is 15.6. The second-order valence-electron chi connectivity index (χ2n) is 8.18. The van der Waals surface area contributed by atoms with Crippen LogP contribution in [0.5, 0.6) is 5.75 Å². The van der Waals surface area contributed by atoms with Crippen molar-refractivity contribution in [3.8, 4) is 5.75 Å². The number of carbonyl (C=O) groups is 1. The molecule has 32 heavy (non-hydrogen) atoms. The number of amides is 2. The molecule has 6 nitrogen and oxygen atoms in total. The number of ether oxygens (including phenoxy) is 1. The van der Waals surface area contributed by atoms with Crippen LogP contribution in [0.25, 0.3) is 10.9 Å². The number of halogens is 1. The molecule has 1 aliphatic carbocycles. The molecule has 1 saturated carbocycles. The zero-order chi connectivity index (χ0) is 22.3. The van der Waals surface area contributed by atoms with Crippen LogP contribution in [-0.2, 0) is 0 Å². The standard InChI is InChI=1S/C25H29ClN4O2/c1-2-15-32-21-10-8-20(9-11-21)30-25(31)29-19-6-4-18(5-7-19)28-23-13-14-27-24-16-17(26)3-12-22(23)24/h3,8-14,16,18-19H,2,4-7,15H2,1H3,(H,27,28)(H2,29,30,31). The second kappa shape index (κ2) is 10.6. The highest BCUT2D eigenvalue weighted by molar-refractivity contribution is 6.31. The Kier molecular flexibility index (Phi) is 7.32. The highest BCUT2D eigenvalue weighted by Crippen LogP contribution is 2.28. The van der Waals surface area contributed by atoms with E-state index in [2.05, 4.69) is 27.9 Å². The van der Waals surface area contributed by atoms with Crippen LogP contribution in [0.15, 0.2) is 54.7 Å².